The highest BCUT2D eigenvalue weighted by Gasteiger charge is 2.30. The monoisotopic (exact) mass is 606 g/mol. The highest BCUT2D eigenvalue weighted by atomic mass is 32.2. The average Bonchev–Trinajstić information content (AvgIpc) is 2.96. The number of nitrogens with two attached hydrogens (primary N) is 1. The molecule has 1 aliphatic rings. The average molecular weight is 607 g/mol. The van der Waals surface area contributed by atoms with Crippen LogP contribution in [0.2, 0.25) is 0 Å². The number of pyridine rings is 1. The molecule has 1 fully saturated rings. The Labute approximate surface area is 238 Å². The van der Waals surface area contributed by atoms with Crippen LogP contribution >= 0.6 is 0 Å². The lowest BCUT2D eigenvalue weighted by molar-refractivity contribution is -0.129. The number of halogens is 4. The van der Waals surface area contributed by atoms with Crippen LogP contribution in [-0.4, -0.2) is 68.7 Å². The van der Waals surface area contributed by atoms with E-state index < -0.39 is 39.9 Å². The van der Waals surface area contributed by atoms with Crippen LogP contribution in [0.15, 0.2) is 48.7 Å². The van der Waals surface area contributed by atoms with E-state index in [1.54, 1.807) is 30.5 Å². The van der Waals surface area contributed by atoms with Crippen LogP contribution < -0.4 is 20.1 Å². The molecule has 0 saturated carbocycles. The van der Waals surface area contributed by atoms with E-state index in [9.17, 15) is 21.6 Å². The van der Waals surface area contributed by atoms with E-state index >= 15 is 4.39 Å². The number of hydrogen-bond donors (Lipinski definition) is 2. The molecule has 5 rings (SSSR count). The summed E-state index contributed by atoms with van der Waals surface area (Å²) in [6, 6.07) is 10.5. The van der Waals surface area contributed by atoms with E-state index in [1.165, 1.54) is 19.2 Å². The number of anilines is 3. The molecule has 4 aromatic rings. The molecule has 0 amide bonds. The van der Waals surface area contributed by atoms with Gasteiger partial charge in [0.1, 0.15) is 22.9 Å². The molecule has 3 N–H and O–H groups in total. The summed E-state index contributed by atoms with van der Waals surface area (Å²) in [6.07, 6.45) is -4.69. The van der Waals surface area contributed by atoms with Crippen LogP contribution in [0.4, 0.5) is 34.9 Å². The van der Waals surface area contributed by atoms with E-state index in [0.29, 0.717) is 71.5 Å². The van der Waals surface area contributed by atoms with Crippen molar-refractivity contribution in [1.82, 2.24) is 15.0 Å². The smallest absolute Gasteiger partial charge is 0.390 e. The molecule has 15 heteroatoms. The fourth-order valence-corrected chi connectivity index (χ4v) is 5.58. The fraction of sp³-hybridized carbons (Fsp3) is 0.296. The largest absolute Gasteiger partial charge is 0.494 e. The van der Waals surface area contributed by atoms with Crippen molar-refractivity contribution in [3.8, 4) is 28.3 Å². The van der Waals surface area contributed by atoms with Crippen molar-refractivity contribution in [1.29, 1.82) is 0 Å². The van der Waals surface area contributed by atoms with Crippen LogP contribution in [0, 0.1) is 5.82 Å². The molecule has 3 heterocycles. The Balaban J connectivity index is 1.62. The third-order valence-electron chi connectivity index (χ3n) is 6.55. The number of morpholine rings is 1. The number of aromatic nitrogens is 3. The fourth-order valence-electron chi connectivity index (χ4n) is 4.48. The molecular formula is C27H26F4N6O4S. The molecule has 1 aliphatic heterocycles. The van der Waals surface area contributed by atoms with Gasteiger partial charge in [-0.3, -0.25) is 4.72 Å². The number of nitrogens with one attached hydrogen (secondary N) is 1. The minimum atomic E-state index is -4.68. The summed E-state index contributed by atoms with van der Waals surface area (Å²) in [6.45, 7) is 1.99. The van der Waals surface area contributed by atoms with Crippen LogP contribution in [0.25, 0.3) is 33.4 Å². The third-order valence-corrected chi connectivity index (χ3v) is 7.82. The van der Waals surface area contributed by atoms with E-state index in [1.807, 2.05) is 9.62 Å². The highest BCUT2D eigenvalue weighted by molar-refractivity contribution is 7.92. The second kappa shape index (κ2) is 11.6. The van der Waals surface area contributed by atoms with Gasteiger partial charge in [-0.05, 0) is 35.9 Å². The minimum absolute atomic E-state index is 0.00837. The zero-order valence-electron chi connectivity index (χ0n) is 22.3. The van der Waals surface area contributed by atoms with Gasteiger partial charge in [-0.1, -0.05) is 12.1 Å². The van der Waals surface area contributed by atoms with Crippen molar-refractivity contribution >= 4 is 38.2 Å². The van der Waals surface area contributed by atoms with Gasteiger partial charge in [0.25, 0.3) is 0 Å². The molecule has 222 valence electrons. The topological polar surface area (TPSA) is 133 Å². The van der Waals surface area contributed by atoms with Crippen molar-refractivity contribution in [2.45, 2.75) is 12.6 Å². The molecule has 42 heavy (non-hydrogen) atoms. The summed E-state index contributed by atoms with van der Waals surface area (Å²) >= 11 is 0. The van der Waals surface area contributed by atoms with Crippen LogP contribution in [0.5, 0.6) is 5.75 Å². The van der Waals surface area contributed by atoms with E-state index in [0.717, 1.165) is 6.07 Å². The summed E-state index contributed by atoms with van der Waals surface area (Å²) in [5.74, 6) is -0.672. The first-order valence-electron chi connectivity index (χ1n) is 12.7. The number of nitrogen functional groups attached to an aromatic ring is 1. The SMILES string of the molecule is COc1cc(-c2cccc(NS(=O)(=O)CCC(F)(F)F)c2F)cc2c(N3CCOCC3)nc(-c3ccc(N)nc3)nc12. The van der Waals surface area contributed by atoms with Crippen LogP contribution in [0.3, 0.4) is 0 Å². The third kappa shape index (κ3) is 6.46. The van der Waals surface area contributed by atoms with E-state index in [-0.39, 0.29) is 5.56 Å². The molecule has 0 bridgehead atoms. The van der Waals surface area contributed by atoms with Crippen molar-refractivity contribution in [2.24, 2.45) is 0 Å². The van der Waals surface area contributed by atoms with Gasteiger partial charge in [0.15, 0.2) is 11.6 Å². The van der Waals surface area contributed by atoms with Gasteiger partial charge in [0.05, 0.1) is 38.2 Å². The van der Waals surface area contributed by atoms with Gasteiger partial charge in [-0.15, -0.1) is 0 Å². The number of benzene rings is 2. The zero-order chi connectivity index (χ0) is 30.1. The molecule has 2 aromatic carbocycles. The second-order valence-electron chi connectivity index (χ2n) is 9.47. The second-order valence-corrected chi connectivity index (χ2v) is 11.3. The van der Waals surface area contributed by atoms with Crippen molar-refractivity contribution in [2.75, 3.05) is 54.5 Å². The summed E-state index contributed by atoms with van der Waals surface area (Å²) < 4.78 is 91.1. The highest BCUT2D eigenvalue weighted by Crippen LogP contribution is 2.39. The maximum atomic E-state index is 15.7. The predicted molar refractivity (Wildman–Crippen MR) is 150 cm³/mol. The molecule has 0 atom stereocenters. The Bertz CT molecular complexity index is 1710. The van der Waals surface area contributed by atoms with Crippen molar-refractivity contribution in [3.05, 3.63) is 54.5 Å². The van der Waals surface area contributed by atoms with Gasteiger partial charge in [0.2, 0.25) is 10.0 Å². The Kier molecular flexibility index (Phi) is 8.06. The van der Waals surface area contributed by atoms with Gasteiger partial charge in [-0.2, -0.15) is 13.2 Å². The first-order chi connectivity index (χ1) is 19.9. The number of fused-ring (bicyclic) bond motifs is 1. The molecule has 10 nitrogen and oxygen atoms in total. The number of nitrogens with zero attached hydrogens (tertiary/aromatic N) is 4. The van der Waals surface area contributed by atoms with Gasteiger partial charge in [-0.25, -0.2) is 27.8 Å². The molecule has 0 aliphatic carbocycles. The quantitative estimate of drug-likeness (QED) is 0.276. The summed E-state index contributed by atoms with van der Waals surface area (Å²) in [5, 5.41) is 0.536. The van der Waals surface area contributed by atoms with E-state index in [4.69, 9.17) is 25.2 Å². The predicted octanol–water partition coefficient (Wildman–Crippen LogP) is 4.62. The molecule has 0 unspecified atom stereocenters. The first-order valence-corrected chi connectivity index (χ1v) is 14.4. The number of methoxy groups -OCH3 is 1. The summed E-state index contributed by atoms with van der Waals surface area (Å²) in [4.78, 5) is 15.7. The minimum Gasteiger partial charge on any atom is -0.494 e. The lowest BCUT2D eigenvalue weighted by Crippen LogP contribution is -2.37. The number of rotatable bonds is 8. The number of hydrogen-bond acceptors (Lipinski definition) is 9. The van der Waals surface area contributed by atoms with Crippen LogP contribution in [-0.2, 0) is 14.8 Å². The van der Waals surface area contributed by atoms with Gasteiger partial charge < -0.3 is 20.1 Å². The summed E-state index contributed by atoms with van der Waals surface area (Å²) in [7, 11) is -3.05. The standard InChI is InChI=1S/C27H26F4N6O4S/c1-40-21-14-17(18-3-2-4-20(23(18)28)36-42(38,39)12-7-27(29,30)31)13-19-24(21)34-25(16-5-6-22(32)33-15-16)35-26(19)37-8-10-41-11-9-37/h2-6,13-15,36H,7-12H2,1H3,(H2,32,33). The molecule has 2 aromatic heterocycles. The van der Waals surface area contributed by atoms with E-state index in [2.05, 4.69) is 4.98 Å². The molecular weight excluding hydrogens is 580 g/mol. The molecule has 1 saturated heterocycles. The maximum Gasteiger partial charge on any atom is 0.390 e. The van der Waals surface area contributed by atoms with Gasteiger partial charge >= 0.3 is 6.18 Å². The normalized spacial score (nSPS) is 14.3. The Morgan fingerprint density at radius 2 is 1.86 bits per heavy atom. The van der Waals surface area contributed by atoms with Crippen LogP contribution in [0.1, 0.15) is 6.42 Å². The maximum absolute atomic E-state index is 15.7. The van der Waals surface area contributed by atoms with Crippen molar-refractivity contribution in [3.63, 3.8) is 0 Å². The molecule has 0 radical (unpaired) electrons. The number of sulfonamides is 1. The first kappa shape index (κ1) is 29.3. The number of ether oxygens (including phenoxy) is 2. The lowest BCUT2D eigenvalue weighted by atomic mass is 10.0. The Hall–Kier alpha value is -4.24. The molecule has 0 spiro atoms. The zero-order valence-corrected chi connectivity index (χ0v) is 23.1. The Morgan fingerprint density at radius 3 is 2.52 bits per heavy atom. The lowest BCUT2D eigenvalue weighted by Gasteiger charge is -2.29. The Morgan fingerprint density at radius 1 is 1.10 bits per heavy atom. The summed E-state index contributed by atoms with van der Waals surface area (Å²) in [5.41, 5.74) is 6.62. The van der Waals surface area contributed by atoms with Gasteiger partial charge in [0, 0.05) is 35.8 Å². The van der Waals surface area contributed by atoms with Crippen molar-refractivity contribution < 1.29 is 35.5 Å². The number of alkyl halides is 3.